The number of unbranched alkanes of at least 4 members (excludes halogenated alkanes) is 6. The summed E-state index contributed by atoms with van der Waals surface area (Å²) < 4.78 is 0. The molecule has 1 aromatic carbocycles. The van der Waals surface area contributed by atoms with Crippen LogP contribution < -0.4 is 21.3 Å². The predicted octanol–water partition coefficient (Wildman–Crippen LogP) is 4.77. The lowest BCUT2D eigenvalue weighted by Crippen LogP contribution is -2.55. The van der Waals surface area contributed by atoms with Gasteiger partial charge >= 0.3 is 0 Å². The molecular weight excluding hydrogens is 540 g/mol. The largest absolute Gasteiger partial charge is 0.352 e. The van der Waals surface area contributed by atoms with Gasteiger partial charge in [-0.05, 0) is 36.5 Å². The van der Waals surface area contributed by atoms with Crippen LogP contribution >= 0.6 is 11.6 Å². The van der Waals surface area contributed by atoms with Crippen LogP contribution in [0.3, 0.4) is 0 Å². The van der Waals surface area contributed by atoms with Crippen molar-refractivity contribution in [1.29, 1.82) is 0 Å². The lowest BCUT2D eigenvalue weighted by molar-refractivity contribution is -0.131. The third kappa shape index (κ3) is 13.9. The quantitative estimate of drug-likeness (QED) is 0.186. The Labute approximate surface area is 250 Å². The maximum Gasteiger partial charge on any atom is 0.247 e. The number of amides is 4. The monoisotopic (exact) mass is 586 g/mol. The van der Waals surface area contributed by atoms with Crippen molar-refractivity contribution in [1.82, 2.24) is 21.3 Å². The van der Waals surface area contributed by atoms with E-state index in [9.17, 15) is 19.2 Å². The van der Waals surface area contributed by atoms with Crippen LogP contribution in [0.15, 0.2) is 48.6 Å². The summed E-state index contributed by atoms with van der Waals surface area (Å²) in [5.74, 6) is -1.23. The molecule has 0 saturated carbocycles. The molecular formula is C32H47ClN4O4. The lowest BCUT2D eigenvalue weighted by atomic mass is 10.0. The predicted molar refractivity (Wildman–Crippen MR) is 164 cm³/mol. The molecule has 1 aliphatic heterocycles. The molecule has 0 bridgehead atoms. The van der Waals surface area contributed by atoms with E-state index < -0.39 is 29.9 Å². The van der Waals surface area contributed by atoms with Gasteiger partial charge in [0.15, 0.2) is 0 Å². The van der Waals surface area contributed by atoms with Crippen LogP contribution in [0.1, 0.15) is 84.1 Å². The molecule has 0 aliphatic carbocycles. The van der Waals surface area contributed by atoms with Gasteiger partial charge in [-0.2, -0.15) is 0 Å². The second-order valence-electron chi connectivity index (χ2n) is 11.0. The first-order valence-corrected chi connectivity index (χ1v) is 15.3. The normalized spacial score (nSPS) is 20.1. The molecule has 4 N–H and O–H groups in total. The Balaban J connectivity index is 2.12. The first-order valence-electron chi connectivity index (χ1n) is 15.0. The highest BCUT2D eigenvalue weighted by Gasteiger charge is 2.27. The molecule has 0 spiro atoms. The molecule has 3 atom stereocenters. The van der Waals surface area contributed by atoms with E-state index in [1.54, 1.807) is 30.4 Å². The smallest absolute Gasteiger partial charge is 0.247 e. The molecule has 0 aromatic heterocycles. The number of carbonyl (C=O) groups is 4. The molecule has 1 aromatic rings. The Morgan fingerprint density at radius 1 is 1.00 bits per heavy atom. The van der Waals surface area contributed by atoms with E-state index in [2.05, 4.69) is 28.2 Å². The van der Waals surface area contributed by atoms with Crippen molar-refractivity contribution in [2.45, 2.75) is 103 Å². The average Bonchev–Trinajstić information content (AvgIpc) is 2.93. The Hall–Kier alpha value is -3.13. The highest BCUT2D eigenvalue weighted by Crippen LogP contribution is 2.13. The van der Waals surface area contributed by atoms with E-state index in [4.69, 9.17) is 11.6 Å². The molecule has 41 heavy (non-hydrogen) atoms. The zero-order chi connectivity index (χ0) is 30.0. The van der Waals surface area contributed by atoms with Crippen molar-refractivity contribution < 1.29 is 19.2 Å². The Morgan fingerprint density at radius 2 is 1.68 bits per heavy atom. The highest BCUT2D eigenvalue weighted by molar-refractivity contribution is 6.30. The van der Waals surface area contributed by atoms with Crippen LogP contribution in [0, 0.1) is 5.92 Å². The minimum absolute atomic E-state index is 0.0230. The first kappa shape index (κ1) is 34.1. The van der Waals surface area contributed by atoms with Crippen molar-refractivity contribution in [2.75, 3.05) is 6.54 Å². The summed E-state index contributed by atoms with van der Waals surface area (Å²) in [6.07, 6.45) is 15.2. The van der Waals surface area contributed by atoms with Gasteiger partial charge in [0.2, 0.25) is 23.6 Å². The summed E-state index contributed by atoms with van der Waals surface area (Å²) in [6, 6.07) is 4.92. The summed E-state index contributed by atoms with van der Waals surface area (Å²) in [6.45, 7) is 6.46. The summed E-state index contributed by atoms with van der Waals surface area (Å²) in [4.78, 5) is 51.6. The lowest BCUT2D eigenvalue weighted by Gasteiger charge is -2.25. The topological polar surface area (TPSA) is 116 Å². The highest BCUT2D eigenvalue weighted by atomic mass is 35.5. The van der Waals surface area contributed by atoms with E-state index in [1.807, 2.05) is 26.0 Å². The van der Waals surface area contributed by atoms with E-state index in [0.29, 0.717) is 24.4 Å². The van der Waals surface area contributed by atoms with E-state index in [1.165, 1.54) is 31.8 Å². The number of hydrogen-bond acceptors (Lipinski definition) is 4. The molecule has 0 unspecified atom stereocenters. The van der Waals surface area contributed by atoms with Crippen LogP contribution in [0.5, 0.6) is 0 Å². The molecule has 1 aliphatic rings. The van der Waals surface area contributed by atoms with Crippen molar-refractivity contribution in [3.63, 3.8) is 0 Å². The number of benzene rings is 1. The van der Waals surface area contributed by atoms with Gasteiger partial charge in [0, 0.05) is 36.5 Å². The zero-order valence-corrected chi connectivity index (χ0v) is 25.5. The van der Waals surface area contributed by atoms with Gasteiger partial charge in [-0.1, -0.05) is 101 Å². The van der Waals surface area contributed by atoms with Crippen LogP contribution in [-0.4, -0.2) is 48.3 Å². The van der Waals surface area contributed by atoms with Gasteiger partial charge in [0.1, 0.15) is 12.1 Å². The fourth-order valence-corrected chi connectivity index (χ4v) is 4.61. The van der Waals surface area contributed by atoms with Gasteiger partial charge in [0.05, 0.1) is 0 Å². The number of halogens is 1. The summed E-state index contributed by atoms with van der Waals surface area (Å²) in [5, 5.41) is 12.0. The minimum atomic E-state index is -0.944. The third-order valence-corrected chi connectivity index (χ3v) is 7.27. The average molecular weight is 587 g/mol. The summed E-state index contributed by atoms with van der Waals surface area (Å²) in [7, 11) is 0. The number of hydrogen-bond donors (Lipinski definition) is 4. The zero-order valence-electron chi connectivity index (χ0n) is 24.7. The van der Waals surface area contributed by atoms with Crippen molar-refractivity contribution in [3.8, 4) is 0 Å². The third-order valence-electron chi connectivity index (χ3n) is 7.01. The minimum Gasteiger partial charge on any atom is -0.352 e. The van der Waals surface area contributed by atoms with Crippen molar-refractivity contribution in [2.24, 2.45) is 5.92 Å². The number of rotatable bonds is 14. The fraction of sp³-hybridized carbons (Fsp3) is 0.562. The Morgan fingerprint density at radius 3 is 2.37 bits per heavy atom. The maximum atomic E-state index is 13.5. The molecule has 226 valence electrons. The molecule has 9 heteroatoms. The molecule has 0 saturated heterocycles. The number of carbonyl (C=O) groups excluding carboxylic acids is 4. The van der Waals surface area contributed by atoms with Gasteiger partial charge in [-0.3, -0.25) is 19.2 Å². The van der Waals surface area contributed by atoms with Crippen molar-refractivity contribution in [3.05, 3.63) is 59.2 Å². The fourth-order valence-electron chi connectivity index (χ4n) is 4.48. The first-order chi connectivity index (χ1) is 19.7. The molecule has 0 radical (unpaired) electrons. The van der Waals surface area contributed by atoms with Gasteiger partial charge < -0.3 is 21.3 Å². The van der Waals surface area contributed by atoms with Gasteiger partial charge in [0.25, 0.3) is 0 Å². The molecule has 2 rings (SSSR count). The maximum absolute atomic E-state index is 13.5. The molecule has 0 fully saturated rings. The van der Waals surface area contributed by atoms with E-state index in [-0.39, 0.29) is 24.2 Å². The SMILES string of the molecule is CCCCCCCCCC(=O)N[C@@H](Cc1ccc(Cl)cc1)C(=O)N[C@H]1/C=C/CCNC(=O)/C=C/[C@H](C(C)C)NC1=O. The van der Waals surface area contributed by atoms with Crippen molar-refractivity contribution >= 4 is 35.2 Å². The molecule has 8 nitrogen and oxygen atoms in total. The Bertz CT molecular complexity index is 1040. The standard InChI is InChI=1S/C32H47ClN4O4/c1-4-5-6-7-8-9-10-14-30(39)35-28(22-24-15-17-25(33)18-16-24)32(41)37-27-13-11-12-21-34-29(38)20-19-26(23(2)3)36-31(27)40/h11,13,15-20,23,26-28H,4-10,12,14,21-22H2,1-3H3,(H,34,38)(H,35,39)(H,36,40)(H,37,41)/b13-11+,20-19+/t26-,27+,28+/m1/s1. The second-order valence-corrected chi connectivity index (χ2v) is 11.4. The van der Waals surface area contributed by atoms with Gasteiger partial charge in [-0.15, -0.1) is 0 Å². The molecule has 4 amide bonds. The van der Waals surface area contributed by atoms with Crippen LogP contribution in [0.4, 0.5) is 0 Å². The van der Waals surface area contributed by atoms with Gasteiger partial charge in [-0.25, -0.2) is 0 Å². The van der Waals surface area contributed by atoms with Crippen LogP contribution in [0.25, 0.3) is 0 Å². The molecule has 1 heterocycles. The summed E-state index contributed by atoms with van der Waals surface area (Å²) >= 11 is 6.04. The van der Waals surface area contributed by atoms with Crippen LogP contribution in [-0.2, 0) is 25.6 Å². The number of nitrogens with one attached hydrogen (secondary N) is 4. The van der Waals surface area contributed by atoms with E-state index in [0.717, 1.165) is 24.8 Å². The summed E-state index contributed by atoms with van der Waals surface area (Å²) in [5.41, 5.74) is 0.838. The Kier molecular flexibility index (Phi) is 15.9. The van der Waals surface area contributed by atoms with Crippen LogP contribution in [0.2, 0.25) is 5.02 Å². The second kappa shape index (κ2) is 19.1. The van der Waals surface area contributed by atoms with E-state index >= 15 is 0 Å².